The van der Waals surface area contributed by atoms with Crippen molar-refractivity contribution >= 4 is 5.91 Å². The summed E-state index contributed by atoms with van der Waals surface area (Å²) in [4.78, 5) is 14.3. The van der Waals surface area contributed by atoms with Crippen LogP contribution in [-0.2, 0) is 4.74 Å². The van der Waals surface area contributed by atoms with E-state index in [1.165, 1.54) is 0 Å². The fourth-order valence-electron chi connectivity index (χ4n) is 2.28. The van der Waals surface area contributed by atoms with Gasteiger partial charge in [-0.2, -0.15) is 10.2 Å². The van der Waals surface area contributed by atoms with Crippen molar-refractivity contribution in [2.45, 2.75) is 33.0 Å². The Balaban J connectivity index is 2.21. The number of carbonyl (C=O) groups is 1. The largest absolute Gasteiger partial charge is 0.370 e. The molecule has 0 aliphatic carbocycles. The molecular formula is C13H20N4O2. The molecular weight excluding hydrogens is 244 g/mol. The van der Waals surface area contributed by atoms with E-state index >= 15 is 0 Å². The second-order valence-electron chi connectivity index (χ2n) is 5.00. The van der Waals surface area contributed by atoms with Crippen molar-refractivity contribution in [3.63, 3.8) is 0 Å². The summed E-state index contributed by atoms with van der Waals surface area (Å²) in [5, 5.41) is 7.95. The molecule has 1 aliphatic rings. The van der Waals surface area contributed by atoms with Crippen molar-refractivity contribution in [2.75, 3.05) is 19.6 Å². The molecule has 1 saturated heterocycles. The first-order valence-corrected chi connectivity index (χ1v) is 6.47. The molecule has 1 aliphatic heterocycles. The van der Waals surface area contributed by atoms with E-state index in [9.17, 15) is 4.79 Å². The van der Waals surface area contributed by atoms with Crippen LogP contribution in [0.25, 0.3) is 0 Å². The van der Waals surface area contributed by atoms with E-state index in [1.54, 1.807) is 17.9 Å². The summed E-state index contributed by atoms with van der Waals surface area (Å²) in [5.41, 5.74) is 7.64. The minimum absolute atomic E-state index is 0.00227. The Morgan fingerprint density at radius 1 is 1.47 bits per heavy atom. The number of amides is 1. The number of ether oxygens (including phenoxy) is 1. The van der Waals surface area contributed by atoms with Crippen LogP contribution in [0.1, 0.15) is 28.7 Å². The van der Waals surface area contributed by atoms with Crippen molar-refractivity contribution < 1.29 is 9.53 Å². The molecule has 0 bridgehead atoms. The van der Waals surface area contributed by atoms with E-state index in [-0.39, 0.29) is 18.1 Å². The summed E-state index contributed by atoms with van der Waals surface area (Å²) in [7, 11) is 0. The first-order chi connectivity index (χ1) is 9.01. The lowest BCUT2D eigenvalue weighted by molar-refractivity contribution is -0.0626. The number of hydrogen-bond acceptors (Lipinski definition) is 5. The molecule has 1 fully saturated rings. The molecule has 6 nitrogen and oxygen atoms in total. The second kappa shape index (κ2) is 5.63. The molecule has 0 saturated carbocycles. The lowest BCUT2D eigenvalue weighted by Crippen LogP contribution is -2.51. The molecule has 2 rings (SSSR count). The highest BCUT2D eigenvalue weighted by atomic mass is 16.5. The van der Waals surface area contributed by atoms with Crippen molar-refractivity contribution in [1.82, 2.24) is 15.1 Å². The normalized spacial score (nSPS) is 23.5. The van der Waals surface area contributed by atoms with E-state index in [1.807, 2.05) is 13.8 Å². The van der Waals surface area contributed by atoms with Crippen LogP contribution in [0.4, 0.5) is 0 Å². The van der Waals surface area contributed by atoms with Gasteiger partial charge >= 0.3 is 0 Å². The summed E-state index contributed by atoms with van der Waals surface area (Å²) in [6.45, 7) is 7.10. The first-order valence-electron chi connectivity index (χ1n) is 6.47. The molecule has 2 heterocycles. The smallest absolute Gasteiger partial charge is 0.256 e. The minimum Gasteiger partial charge on any atom is -0.370 e. The Kier molecular flexibility index (Phi) is 4.11. The Hall–Kier alpha value is -1.53. The quantitative estimate of drug-likeness (QED) is 0.830. The predicted octanol–water partition coefficient (Wildman–Crippen LogP) is 0.282. The van der Waals surface area contributed by atoms with Crippen molar-refractivity contribution in [1.29, 1.82) is 0 Å². The van der Waals surface area contributed by atoms with Crippen LogP contribution in [0, 0.1) is 13.8 Å². The fraction of sp³-hybridized carbons (Fsp3) is 0.615. The average molecular weight is 264 g/mol. The number of hydrogen-bond donors (Lipinski definition) is 1. The van der Waals surface area contributed by atoms with Gasteiger partial charge in [-0.15, -0.1) is 0 Å². The van der Waals surface area contributed by atoms with Crippen molar-refractivity contribution in [3.05, 3.63) is 23.0 Å². The summed E-state index contributed by atoms with van der Waals surface area (Å²) in [6, 6.07) is 1.78. The Morgan fingerprint density at radius 2 is 2.21 bits per heavy atom. The summed E-state index contributed by atoms with van der Waals surface area (Å²) < 4.78 is 5.66. The van der Waals surface area contributed by atoms with Gasteiger partial charge in [0.15, 0.2) is 0 Å². The molecule has 0 aromatic carbocycles. The van der Waals surface area contributed by atoms with Crippen LogP contribution in [-0.4, -0.2) is 52.8 Å². The zero-order valence-electron chi connectivity index (χ0n) is 11.6. The second-order valence-corrected chi connectivity index (χ2v) is 5.00. The third kappa shape index (κ3) is 3.08. The third-order valence-electron chi connectivity index (χ3n) is 3.21. The van der Waals surface area contributed by atoms with Gasteiger partial charge in [0.25, 0.3) is 5.91 Å². The number of nitrogens with two attached hydrogens (primary N) is 1. The van der Waals surface area contributed by atoms with E-state index in [4.69, 9.17) is 10.5 Å². The maximum absolute atomic E-state index is 12.5. The lowest BCUT2D eigenvalue weighted by atomic mass is 10.1. The first kappa shape index (κ1) is 13.9. The molecule has 104 valence electrons. The van der Waals surface area contributed by atoms with Crippen LogP contribution in [0.15, 0.2) is 6.07 Å². The predicted molar refractivity (Wildman–Crippen MR) is 70.8 cm³/mol. The molecule has 2 unspecified atom stereocenters. The third-order valence-corrected chi connectivity index (χ3v) is 3.21. The zero-order chi connectivity index (χ0) is 14.0. The van der Waals surface area contributed by atoms with Crippen molar-refractivity contribution in [3.8, 4) is 0 Å². The number of carbonyl (C=O) groups excluding carboxylic acids is 1. The molecule has 19 heavy (non-hydrogen) atoms. The molecule has 0 spiro atoms. The van der Waals surface area contributed by atoms with Crippen LogP contribution in [0.2, 0.25) is 0 Å². The van der Waals surface area contributed by atoms with Gasteiger partial charge in [0.2, 0.25) is 0 Å². The van der Waals surface area contributed by atoms with Crippen LogP contribution in [0.3, 0.4) is 0 Å². The van der Waals surface area contributed by atoms with Crippen LogP contribution in [0.5, 0.6) is 0 Å². The molecule has 2 N–H and O–H groups in total. The number of rotatable bonds is 2. The summed E-state index contributed by atoms with van der Waals surface area (Å²) >= 11 is 0. The summed E-state index contributed by atoms with van der Waals surface area (Å²) in [6.07, 6.45) is -0.0913. The van der Waals surface area contributed by atoms with Gasteiger partial charge in [-0.1, -0.05) is 0 Å². The maximum Gasteiger partial charge on any atom is 0.256 e. The minimum atomic E-state index is -0.0936. The van der Waals surface area contributed by atoms with Gasteiger partial charge in [-0.3, -0.25) is 4.79 Å². The van der Waals surface area contributed by atoms with E-state index in [2.05, 4.69) is 10.2 Å². The number of aromatic nitrogens is 2. The lowest BCUT2D eigenvalue weighted by Gasteiger charge is -2.36. The molecule has 0 radical (unpaired) electrons. The number of aryl methyl sites for hydroxylation is 2. The van der Waals surface area contributed by atoms with Gasteiger partial charge in [0.05, 0.1) is 29.2 Å². The molecule has 1 aromatic rings. The number of nitrogens with zero attached hydrogens (tertiary/aromatic N) is 3. The Bertz CT molecular complexity index is 478. The van der Waals surface area contributed by atoms with Gasteiger partial charge in [-0.25, -0.2) is 0 Å². The topological polar surface area (TPSA) is 81.3 Å². The zero-order valence-corrected chi connectivity index (χ0v) is 11.6. The van der Waals surface area contributed by atoms with Crippen LogP contribution < -0.4 is 5.73 Å². The van der Waals surface area contributed by atoms with E-state index < -0.39 is 0 Å². The van der Waals surface area contributed by atoms with Gasteiger partial charge in [0, 0.05) is 19.6 Å². The molecule has 6 heteroatoms. The maximum atomic E-state index is 12.5. The number of morpholine rings is 1. The Labute approximate surface area is 112 Å². The van der Waals surface area contributed by atoms with Crippen LogP contribution >= 0.6 is 0 Å². The average Bonchev–Trinajstić information content (AvgIpc) is 2.40. The van der Waals surface area contributed by atoms with Gasteiger partial charge in [0.1, 0.15) is 0 Å². The molecule has 1 amide bonds. The standard InChI is InChI=1S/C13H20N4O2/c1-8-4-12(10(3)16-15-8)13(18)17-6-9(2)19-11(5-14)7-17/h4,9,11H,5-7,14H2,1-3H3. The highest BCUT2D eigenvalue weighted by Crippen LogP contribution is 2.15. The monoisotopic (exact) mass is 264 g/mol. The molecule has 2 atom stereocenters. The highest BCUT2D eigenvalue weighted by Gasteiger charge is 2.29. The van der Waals surface area contributed by atoms with E-state index in [0.717, 1.165) is 5.69 Å². The van der Waals surface area contributed by atoms with E-state index in [0.29, 0.717) is 30.9 Å². The Morgan fingerprint density at radius 3 is 2.89 bits per heavy atom. The fourth-order valence-corrected chi connectivity index (χ4v) is 2.28. The van der Waals surface area contributed by atoms with Crippen molar-refractivity contribution in [2.24, 2.45) is 5.73 Å². The highest BCUT2D eigenvalue weighted by molar-refractivity contribution is 5.95. The van der Waals surface area contributed by atoms with Gasteiger partial charge in [-0.05, 0) is 26.8 Å². The van der Waals surface area contributed by atoms with Gasteiger partial charge < -0.3 is 15.4 Å². The SMILES string of the molecule is Cc1cc(C(=O)N2CC(C)OC(CN)C2)c(C)nn1. The molecule has 1 aromatic heterocycles. The summed E-state index contributed by atoms with van der Waals surface area (Å²) in [5.74, 6) is -0.0240.